The highest BCUT2D eigenvalue weighted by molar-refractivity contribution is 5.95. The SMILES string of the molecule is NC(=O)c1ccc(CCCN2CCC(CNC3CC3c3ccc(C(=O)N4CCOCC4)cc3)CC2)cc1O. The van der Waals surface area contributed by atoms with Gasteiger partial charge in [-0.05, 0) is 99.6 Å². The minimum absolute atomic E-state index is 0.0305. The number of rotatable bonds is 10. The van der Waals surface area contributed by atoms with E-state index in [0.717, 1.165) is 56.1 Å². The van der Waals surface area contributed by atoms with Crippen molar-refractivity contribution in [3.05, 3.63) is 64.7 Å². The zero-order chi connectivity index (χ0) is 26.5. The maximum Gasteiger partial charge on any atom is 0.254 e. The van der Waals surface area contributed by atoms with Crippen LogP contribution in [0, 0.1) is 5.92 Å². The van der Waals surface area contributed by atoms with Crippen molar-refractivity contribution in [3.8, 4) is 5.75 Å². The van der Waals surface area contributed by atoms with Gasteiger partial charge in [-0.2, -0.15) is 0 Å². The van der Waals surface area contributed by atoms with Crippen LogP contribution in [0.15, 0.2) is 42.5 Å². The van der Waals surface area contributed by atoms with Crippen molar-refractivity contribution in [3.63, 3.8) is 0 Å². The lowest BCUT2D eigenvalue weighted by Crippen LogP contribution is -2.40. The molecule has 2 aliphatic heterocycles. The largest absolute Gasteiger partial charge is 0.507 e. The number of hydrogen-bond acceptors (Lipinski definition) is 6. The van der Waals surface area contributed by atoms with Gasteiger partial charge >= 0.3 is 0 Å². The molecule has 2 unspecified atom stereocenters. The summed E-state index contributed by atoms with van der Waals surface area (Å²) in [5, 5.41) is 13.8. The zero-order valence-corrected chi connectivity index (χ0v) is 22.1. The average molecular weight is 521 g/mol. The van der Waals surface area contributed by atoms with Crippen LogP contribution in [-0.4, -0.2) is 85.2 Å². The molecule has 0 aromatic heterocycles. The van der Waals surface area contributed by atoms with Crippen LogP contribution < -0.4 is 11.1 Å². The molecule has 2 saturated heterocycles. The number of benzene rings is 2. The molecule has 0 radical (unpaired) electrons. The van der Waals surface area contributed by atoms with Crippen molar-refractivity contribution in [2.45, 2.75) is 44.1 Å². The van der Waals surface area contributed by atoms with Gasteiger partial charge in [-0.15, -0.1) is 0 Å². The van der Waals surface area contributed by atoms with Gasteiger partial charge in [-0.25, -0.2) is 0 Å². The summed E-state index contributed by atoms with van der Waals surface area (Å²) in [6.45, 7) is 6.98. The van der Waals surface area contributed by atoms with Crippen LogP contribution >= 0.6 is 0 Å². The fourth-order valence-corrected chi connectivity index (χ4v) is 5.79. The first kappa shape index (κ1) is 26.7. The zero-order valence-electron chi connectivity index (χ0n) is 22.1. The van der Waals surface area contributed by atoms with Crippen molar-refractivity contribution in [2.24, 2.45) is 11.7 Å². The Bertz CT molecular complexity index is 1110. The highest BCUT2D eigenvalue weighted by Crippen LogP contribution is 2.41. The average Bonchev–Trinajstić information content (AvgIpc) is 3.72. The maximum atomic E-state index is 12.7. The molecule has 204 valence electrons. The lowest BCUT2D eigenvalue weighted by atomic mass is 9.96. The van der Waals surface area contributed by atoms with Crippen LogP contribution in [0.4, 0.5) is 0 Å². The minimum Gasteiger partial charge on any atom is -0.507 e. The third-order valence-electron chi connectivity index (χ3n) is 8.32. The number of phenols is 1. The van der Waals surface area contributed by atoms with Crippen molar-refractivity contribution >= 4 is 11.8 Å². The Morgan fingerprint density at radius 1 is 1.03 bits per heavy atom. The Balaban J connectivity index is 0.974. The Labute approximate surface area is 225 Å². The van der Waals surface area contributed by atoms with E-state index in [2.05, 4.69) is 22.3 Å². The van der Waals surface area contributed by atoms with Crippen LogP contribution in [0.5, 0.6) is 5.75 Å². The van der Waals surface area contributed by atoms with Crippen LogP contribution in [-0.2, 0) is 11.2 Å². The number of aryl methyl sites for hydroxylation is 1. The summed E-state index contributed by atoms with van der Waals surface area (Å²) in [6.07, 6.45) is 5.51. The lowest BCUT2D eigenvalue weighted by molar-refractivity contribution is 0.0303. The third kappa shape index (κ3) is 6.73. The summed E-state index contributed by atoms with van der Waals surface area (Å²) in [5.41, 5.74) is 8.56. The molecule has 8 heteroatoms. The van der Waals surface area contributed by atoms with Gasteiger partial charge in [-0.1, -0.05) is 18.2 Å². The highest BCUT2D eigenvalue weighted by Gasteiger charge is 2.38. The van der Waals surface area contributed by atoms with Gasteiger partial charge in [0.25, 0.3) is 11.8 Å². The Morgan fingerprint density at radius 3 is 2.45 bits per heavy atom. The molecule has 1 saturated carbocycles. The van der Waals surface area contributed by atoms with E-state index in [1.807, 2.05) is 23.1 Å². The summed E-state index contributed by atoms with van der Waals surface area (Å²) >= 11 is 0. The number of piperidine rings is 1. The number of ether oxygens (including phenoxy) is 1. The maximum absolute atomic E-state index is 12.7. The first-order valence-corrected chi connectivity index (χ1v) is 14.0. The van der Waals surface area contributed by atoms with Gasteiger partial charge in [0.05, 0.1) is 18.8 Å². The lowest BCUT2D eigenvalue weighted by Gasteiger charge is -2.32. The number of aromatic hydroxyl groups is 1. The smallest absolute Gasteiger partial charge is 0.254 e. The monoisotopic (exact) mass is 520 g/mol. The number of nitrogens with zero attached hydrogens (tertiary/aromatic N) is 2. The first-order valence-electron chi connectivity index (χ1n) is 14.0. The highest BCUT2D eigenvalue weighted by atomic mass is 16.5. The van der Waals surface area contributed by atoms with E-state index in [9.17, 15) is 14.7 Å². The number of likely N-dealkylation sites (tertiary alicyclic amines) is 1. The molecule has 1 aliphatic carbocycles. The van der Waals surface area contributed by atoms with Crippen LogP contribution in [0.1, 0.15) is 63.4 Å². The van der Waals surface area contributed by atoms with Crippen molar-refractivity contribution in [2.75, 3.05) is 52.5 Å². The topological polar surface area (TPSA) is 108 Å². The van der Waals surface area contributed by atoms with Gasteiger partial charge in [0, 0.05) is 30.6 Å². The Kier molecular flexibility index (Phi) is 8.61. The predicted molar refractivity (Wildman–Crippen MR) is 146 cm³/mol. The van der Waals surface area contributed by atoms with Gasteiger partial charge in [0.2, 0.25) is 0 Å². The van der Waals surface area contributed by atoms with E-state index < -0.39 is 5.91 Å². The number of nitrogens with one attached hydrogen (secondary N) is 1. The molecule has 2 amide bonds. The van der Waals surface area contributed by atoms with E-state index in [-0.39, 0.29) is 17.2 Å². The fourth-order valence-electron chi connectivity index (χ4n) is 5.79. The number of nitrogens with two attached hydrogens (primary N) is 1. The van der Waals surface area contributed by atoms with Gasteiger partial charge in [0.1, 0.15) is 5.75 Å². The summed E-state index contributed by atoms with van der Waals surface area (Å²) in [5.74, 6) is 0.750. The number of hydrogen-bond donors (Lipinski definition) is 3. The second-order valence-electron chi connectivity index (χ2n) is 11.0. The molecule has 8 nitrogen and oxygen atoms in total. The third-order valence-corrected chi connectivity index (χ3v) is 8.32. The van der Waals surface area contributed by atoms with Crippen LogP contribution in [0.25, 0.3) is 0 Å². The molecule has 5 rings (SSSR count). The standard InChI is InChI=1S/C30H40N4O4/c31-29(36)25-8-3-21(18-28(25)35)2-1-11-33-12-9-22(10-13-33)20-32-27-19-26(27)23-4-6-24(7-5-23)30(37)34-14-16-38-17-15-34/h3-8,18,22,26-27,32,35H,1-2,9-17,19-20H2,(H2,31,36). The molecule has 3 aliphatic rings. The van der Waals surface area contributed by atoms with Gasteiger partial charge in [0.15, 0.2) is 0 Å². The predicted octanol–water partition coefficient (Wildman–Crippen LogP) is 2.75. The molecule has 0 spiro atoms. The number of carbonyl (C=O) groups excluding carboxylic acids is 2. The quantitative estimate of drug-likeness (QED) is 0.445. The molecule has 2 atom stereocenters. The second-order valence-corrected chi connectivity index (χ2v) is 11.0. The summed E-state index contributed by atoms with van der Waals surface area (Å²) < 4.78 is 5.35. The molecule has 2 aromatic rings. The van der Waals surface area contributed by atoms with Crippen LogP contribution in [0.3, 0.4) is 0 Å². The Morgan fingerprint density at radius 2 is 1.76 bits per heavy atom. The van der Waals surface area contributed by atoms with E-state index in [1.165, 1.54) is 24.8 Å². The normalized spacial score (nSPS) is 22.4. The van der Waals surface area contributed by atoms with Crippen molar-refractivity contribution in [1.82, 2.24) is 15.1 Å². The molecule has 2 heterocycles. The van der Waals surface area contributed by atoms with Crippen molar-refractivity contribution < 1.29 is 19.4 Å². The summed E-state index contributed by atoms with van der Waals surface area (Å²) in [4.78, 5) is 28.3. The molecule has 3 fully saturated rings. The number of carbonyl (C=O) groups is 2. The molecule has 2 aromatic carbocycles. The number of primary amides is 1. The second kappa shape index (κ2) is 12.3. The molecule has 38 heavy (non-hydrogen) atoms. The number of morpholine rings is 1. The van der Waals surface area contributed by atoms with E-state index in [4.69, 9.17) is 10.5 Å². The molecule has 0 bridgehead atoms. The first-order chi connectivity index (χ1) is 18.5. The van der Waals surface area contributed by atoms with E-state index in [1.54, 1.807) is 12.1 Å². The Hall–Kier alpha value is -2.94. The fraction of sp³-hybridized carbons (Fsp3) is 0.533. The van der Waals surface area contributed by atoms with Gasteiger partial charge in [-0.3, -0.25) is 9.59 Å². The van der Waals surface area contributed by atoms with E-state index >= 15 is 0 Å². The van der Waals surface area contributed by atoms with Crippen LogP contribution in [0.2, 0.25) is 0 Å². The molecular formula is C30H40N4O4. The van der Waals surface area contributed by atoms with Crippen molar-refractivity contribution in [1.29, 1.82) is 0 Å². The van der Waals surface area contributed by atoms with E-state index in [0.29, 0.717) is 38.3 Å². The molecular weight excluding hydrogens is 480 g/mol. The summed E-state index contributed by atoms with van der Waals surface area (Å²) in [6, 6.07) is 13.9. The van der Waals surface area contributed by atoms with Gasteiger partial charge < -0.3 is 30.7 Å². The molecule has 4 N–H and O–H groups in total. The number of amides is 2. The minimum atomic E-state index is -0.602. The summed E-state index contributed by atoms with van der Waals surface area (Å²) in [7, 11) is 0.